The molecule has 0 aromatic heterocycles. The second-order valence-electron chi connectivity index (χ2n) is 20.2. The van der Waals surface area contributed by atoms with Crippen molar-refractivity contribution >= 4 is 29.3 Å². The molecule has 0 radical (unpaired) electrons. The van der Waals surface area contributed by atoms with E-state index in [-0.39, 0.29) is 53.7 Å². The number of hydrogen-bond acceptors (Lipinski definition) is 11. The van der Waals surface area contributed by atoms with Crippen LogP contribution in [-0.4, -0.2) is 105 Å². The Bertz CT molecular complexity index is 2290. The smallest absolute Gasteiger partial charge is 0.252 e. The van der Waals surface area contributed by atoms with Gasteiger partial charge in [-0.05, 0) is 118 Å². The number of carbonyl (C=O) groups excluding carboxylic acids is 4. The van der Waals surface area contributed by atoms with E-state index < -0.39 is 17.9 Å². The van der Waals surface area contributed by atoms with Crippen LogP contribution in [0.4, 0.5) is 5.69 Å². The Hall–Kier alpha value is -5.65. The molecule has 4 aliphatic heterocycles. The number of aryl methyl sites for hydroxylation is 2. The van der Waals surface area contributed by atoms with Crippen molar-refractivity contribution in [1.82, 2.24) is 20.9 Å². The number of amides is 4. The molecular formula is C52H66N6O8. The molecule has 1 unspecified atom stereocenters. The van der Waals surface area contributed by atoms with Gasteiger partial charge in [-0.3, -0.25) is 29.4 Å². The Balaban J connectivity index is 0.828. The number of anilines is 1. The van der Waals surface area contributed by atoms with Crippen LogP contribution >= 0.6 is 0 Å². The van der Waals surface area contributed by atoms with Gasteiger partial charge in [0.1, 0.15) is 24.0 Å². The Morgan fingerprint density at radius 3 is 2.18 bits per heavy atom. The van der Waals surface area contributed by atoms with Gasteiger partial charge in [0.05, 0.1) is 24.8 Å². The first kappa shape index (κ1) is 46.9. The standard InChI is InChI=1S/C52H66N6O8/c1-32-25-39(26-33(2)41(32)30-53)66-50-51(3,4)49(52(50,5)6)56-46(60)35-9-12-37(13-10-35)57-19-17-34(18-20-57)31-58-21-24-63-22-7-8-23-64-43-15-11-36(27-44(43)65-40-28-38(58)29-40)47(61)54-42-14-16-45(59)55-48(42)62/h9-13,15,25-27,34,38,40,42,49-50H,7-8,14,16-24,28-29,31H2,1-6H3,(H,54,61)(H,56,60)(H,55,59,62)/t38-,40-,42?,49-,50-. The molecule has 4 fully saturated rings. The van der Waals surface area contributed by atoms with Crippen molar-refractivity contribution < 1.29 is 38.1 Å². The molecule has 4 amide bonds. The predicted octanol–water partition coefficient (Wildman–Crippen LogP) is 6.64. The van der Waals surface area contributed by atoms with Crippen molar-refractivity contribution in [3.05, 3.63) is 82.4 Å². The summed E-state index contributed by atoms with van der Waals surface area (Å²) in [6, 6.07) is 18.8. The van der Waals surface area contributed by atoms with Crippen molar-refractivity contribution in [3.8, 4) is 23.3 Å². The first-order chi connectivity index (χ1) is 31.6. The van der Waals surface area contributed by atoms with Crippen molar-refractivity contribution in [2.45, 2.75) is 123 Å². The number of benzene rings is 3. The largest absolute Gasteiger partial charge is 0.490 e. The van der Waals surface area contributed by atoms with E-state index in [0.717, 1.165) is 87.3 Å². The second kappa shape index (κ2) is 19.7. The number of nitrogens with one attached hydrogen (secondary N) is 3. The maximum absolute atomic E-state index is 13.7. The van der Waals surface area contributed by atoms with Crippen molar-refractivity contribution in [2.75, 3.05) is 50.9 Å². The molecule has 2 bridgehead atoms. The summed E-state index contributed by atoms with van der Waals surface area (Å²) in [6.45, 7) is 18.0. The summed E-state index contributed by atoms with van der Waals surface area (Å²) in [5.41, 5.74) is 3.95. The summed E-state index contributed by atoms with van der Waals surface area (Å²) in [7, 11) is 0. The number of nitriles is 1. The number of nitrogens with zero attached hydrogens (tertiary/aromatic N) is 3. The lowest BCUT2D eigenvalue weighted by Gasteiger charge is -2.63. The van der Waals surface area contributed by atoms with Gasteiger partial charge >= 0.3 is 0 Å². The van der Waals surface area contributed by atoms with Gasteiger partial charge in [0.15, 0.2) is 11.5 Å². The van der Waals surface area contributed by atoms with Crippen LogP contribution in [0.1, 0.15) is 116 Å². The molecule has 6 aliphatic rings. The SMILES string of the molecule is Cc1cc(O[C@H]2C(C)(C)[C@H](NC(=O)c3ccc(N4CCC(CN5CCOCCCCOc6ccc(C(=O)NC7CCC(=O)NC7=O)cc6O[C@H]6C[C@H]5C6)CC4)cc3)C2(C)C)cc(C)c1C#N. The monoisotopic (exact) mass is 902 g/mol. The van der Waals surface area contributed by atoms with E-state index in [2.05, 4.69) is 71.6 Å². The Morgan fingerprint density at radius 1 is 0.833 bits per heavy atom. The van der Waals surface area contributed by atoms with Gasteiger partial charge in [0, 0.05) is 91.8 Å². The molecule has 14 nitrogen and oxygen atoms in total. The van der Waals surface area contributed by atoms with Crippen LogP contribution in [0.15, 0.2) is 54.6 Å². The fraction of sp³-hybridized carbons (Fsp3) is 0.558. The van der Waals surface area contributed by atoms with Crippen LogP contribution in [0.5, 0.6) is 17.2 Å². The molecule has 14 heteroatoms. The van der Waals surface area contributed by atoms with Gasteiger partial charge in [0.25, 0.3) is 11.8 Å². The third-order valence-electron chi connectivity index (χ3n) is 14.7. The first-order valence-electron chi connectivity index (χ1n) is 23.8. The number of imide groups is 1. The van der Waals surface area contributed by atoms with E-state index in [1.54, 1.807) is 18.2 Å². The highest BCUT2D eigenvalue weighted by molar-refractivity contribution is 6.04. The molecule has 3 aromatic rings. The molecule has 352 valence electrons. The number of carbonyl (C=O) groups is 4. The van der Waals surface area contributed by atoms with Crippen molar-refractivity contribution in [3.63, 3.8) is 0 Å². The van der Waals surface area contributed by atoms with E-state index >= 15 is 0 Å². The normalized spacial score (nSPS) is 25.7. The number of fused-ring (bicyclic) bond motifs is 8. The minimum atomic E-state index is -0.767. The van der Waals surface area contributed by atoms with Crippen molar-refractivity contribution in [2.24, 2.45) is 16.7 Å². The number of piperidine rings is 2. The lowest BCUT2D eigenvalue weighted by molar-refractivity contribution is -0.164. The van der Waals surface area contributed by atoms with Crippen LogP contribution in [0.2, 0.25) is 0 Å². The van der Waals surface area contributed by atoms with Gasteiger partial charge in [-0.2, -0.15) is 5.26 Å². The molecule has 9 rings (SSSR count). The molecule has 3 aromatic carbocycles. The Kier molecular flexibility index (Phi) is 14.0. The van der Waals surface area contributed by atoms with E-state index in [4.69, 9.17) is 18.9 Å². The molecule has 0 spiro atoms. The van der Waals surface area contributed by atoms with E-state index in [1.807, 2.05) is 38.1 Å². The van der Waals surface area contributed by atoms with Crippen LogP contribution in [-0.2, 0) is 14.3 Å². The average molecular weight is 903 g/mol. The minimum Gasteiger partial charge on any atom is -0.490 e. The number of hydrogen-bond donors (Lipinski definition) is 3. The van der Waals surface area contributed by atoms with Crippen LogP contribution in [0.3, 0.4) is 0 Å². The number of rotatable bonds is 9. The molecule has 2 aliphatic carbocycles. The molecule has 66 heavy (non-hydrogen) atoms. The molecule has 3 N–H and O–H groups in total. The second-order valence-corrected chi connectivity index (χ2v) is 20.2. The Morgan fingerprint density at radius 2 is 1.50 bits per heavy atom. The van der Waals surface area contributed by atoms with Gasteiger partial charge in [0.2, 0.25) is 11.8 Å². The topological polar surface area (TPSA) is 172 Å². The maximum atomic E-state index is 13.7. The molecule has 2 saturated heterocycles. The van der Waals surface area contributed by atoms with E-state index in [1.165, 1.54) is 0 Å². The Labute approximate surface area is 389 Å². The van der Waals surface area contributed by atoms with Crippen LogP contribution in [0.25, 0.3) is 0 Å². The summed E-state index contributed by atoms with van der Waals surface area (Å²) >= 11 is 0. The molecular weight excluding hydrogens is 837 g/mol. The zero-order chi connectivity index (χ0) is 46.8. The average Bonchev–Trinajstić information content (AvgIpc) is 3.28. The summed E-state index contributed by atoms with van der Waals surface area (Å²) in [5.74, 6) is 1.07. The summed E-state index contributed by atoms with van der Waals surface area (Å²) in [6.07, 6.45) is 5.81. The molecule has 4 heterocycles. The lowest BCUT2D eigenvalue weighted by atomic mass is 9.49. The number of ether oxygens (including phenoxy) is 4. The molecule has 2 saturated carbocycles. The van der Waals surface area contributed by atoms with E-state index in [0.29, 0.717) is 60.0 Å². The third-order valence-corrected chi connectivity index (χ3v) is 14.7. The van der Waals surface area contributed by atoms with Crippen LogP contribution < -0.4 is 35.1 Å². The highest BCUT2D eigenvalue weighted by atomic mass is 16.5. The predicted molar refractivity (Wildman–Crippen MR) is 250 cm³/mol. The third kappa shape index (κ3) is 10.2. The summed E-state index contributed by atoms with van der Waals surface area (Å²) in [4.78, 5) is 55.8. The summed E-state index contributed by atoms with van der Waals surface area (Å²) in [5, 5.41) is 17.9. The highest BCUT2D eigenvalue weighted by Crippen LogP contribution is 2.55. The zero-order valence-corrected chi connectivity index (χ0v) is 39.4. The minimum absolute atomic E-state index is 0.0299. The van der Waals surface area contributed by atoms with E-state index in [9.17, 15) is 24.4 Å². The summed E-state index contributed by atoms with van der Waals surface area (Å²) < 4.78 is 25.3. The quantitative estimate of drug-likeness (QED) is 0.197. The first-order valence-corrected chi connectivity index (χ1v) is 23.8. The lowest BCUT2D eigenvalue weighted by Crippen LogP contribution is -2.74. The highest BCUT2D eigenvalue weighted by Gasteiger charge is 2.64. The van der Waals surface area contributed by atoms with Gasteiger partial charge in [-0.15, -0.1) is 0 Å². The van der Waals surface area contributed by atoms with Crippen LogP contribution in [0, 0.1) is 41.9 Å². The maximum Gasteiger partial charge on any atom is 0.252 e. The van der Waals surface area contributed by atoms with Gasteiger partial charge in [-0.1, -0.05) is 27.7 Å². The van der Waals surface area contributed by atoms with Gasteiger partial charge in [-0.25, -0.2) is 0 Å². The van der Waals surface area contributed by atoms with Gasteiger partial charge < -0.3 is 34.5 Å². The molecule has 1 atom stereocenters. The zero-order valence-electron chi connectivity index (χ0n) is 39.4. The van der Waals surface area contributed by atoms with Crippen molar-refractivity contribution in [1.29, 1.82) is 5.26 Å². The fourth-order valence-corrected chi connectivity index (χ4v) is 11.1. The fourth-order valence-electron chi connectivity index (χ4n) is 11.1.